The van der Waals surface area contributed by atoms with Gasteiger partial charge in [-0.2, -0.15) is 0 Å². The molecule has 1 N–H and O–H groups in total. The van der Waals surface area contributed by atoms with Crippen molar-refractivity contribution < 1.29 is 4.79 Å². The molecule has 0 aliphatic heterocycles. The Balaban J connectivity index is 3.28. The summed E-state index contributed by atoms with van der Waals surface area (Å²) in [6.45, 7) is 0. The smallest absolute Gasteiger partial charge is 0.266 e. The van der Waals surface area contributed by atoms with Crippen LogP contribution in [0.4, 0.5) is 0 Å². The number of nitrogens with zero attached hydrogens (tertiary/aromatic N) is 1. The zero-order valence-corrected chi connectivity index (χ0v) is 4.92. The molecule has 9 heavy (non-hydrogen) atoms. The van der Waals surface area contributed by atoms with Crippen molar-refractivity contribution in [1.82, 2.24) is 9.78 Å². The summed E-state index contributed by atoms with van der Waals surface area (Å²) < 4.78 is 1.24. The van der Waals surface area contributed by atoms with Gasteiger partial charge in [-0.1, -0.05) is 0 Å². The lowest BCUT2D eigenvalue weighted by molar-refractivity contribution is 0.111. The van der Waals surface area contributed by atoms with Crippen LogP contribution in [0.2, 0.25) is 0 Å². The molecule has 0 amide bonds. The third-order valence-electron chi connectivity index (χ3n) is 1.03. The topological polar surface area (TPSA) is 54.9 Å². The van der Waals surface area contributed by atoms with Crippen LogP contribution in [0.1, 0.15) is 10.5 Å². The van der Waals surface area contributed by atoms with Gasteiger partial charge in [-0.25, -0.2) is 0 Å². The van der Waals surface area contributed by atoms with Gasteiger partial charge in [0.15, 0.2) is 6.29 Å². The first kappa shape index (κ1) is 5.81. The average molecular weight is 126 g/mol. The van der Waals surface area contributed by atoms with Crippen LogP contribution in [0.3, 0.4) is 0 Å². The molecule has 0 spiro atoms. The van der Waals surface area contributed by atoms with E-state index in [2.05, 4.69) is 5.10 Å². The van der Waals surface area contributed by atoms with Crippen LogP contribution in [0, 0.1) is 0 Å². The van der Waals surface area contributed by atoms with Crippen molar-refractivity contribution in [3.05, 3.63) is 22.1 Å². The van der Waals surface area contributed by atoms with E-state index in [1.165, 1.54) is 10.7 Å². The van der Waals surface area contributed by atoms with Gasteiger partial charge in [-0.3, -0.25) is 19.4 Å². The molecule has 0 radical (unpaired) electrons. The van der Waals surface area contributed by atoms with Crippen LogP contribution in [0.5, 0.6) is 0 Å². The first-order chi connectivity index (χ1) is 4.24. The Morgan fingerprint density at radius 2 is 2.44 bits per heavy atom. The van der Waals surface area contributed by atoms with E-state index < -0.39 is 0 Å². The van der Waals surface area contributed by atoms with Crippen LogP contribution in [0.15, 0.2) is 10.9 Å². The van der Waals surface area contributed by atoms with Gasteiger partial charge in [0.1, 0.15) is 0 Å². The van der Waals surface area contributed by atoms with E-state index >= 15 is 0 Å². The number of aryl methyl sites for hydroxylation is 1. The predicted molar refractivity (Wildman–Crippen MR) is 31.4 cm³/mol. The van der Waals surface area contributed by atoms with E-state index in [1.54, 1.807) is 7.05 Å². The lowest BCUT2D eigenvalue weighted by atomic mass is 10.5. The van der Waals surface area contributed by atoms with Crippen molar-refractivity contribution >= 4 is 6.29 Å². The summed E-state index contributed by atoms with van der Waals surface area (Å²) in [5, 5.41) is 2.53. The minimum atomic E-state index is -0.197. The Bertz CT molecular complexity index is 271. The maximum atomic E-state index is 10.6. The van der Waals surface area contributed by atoms with Crippen molar-refractivity contribution in [3.63, 3.8) is 0 Å². The van der Waals surface area contributed by atoms with Gasteiger partial charge < -0.3 is 0 Å². The summed E-state index contributed by atoms with van der Waals surface area (Å²) in [5.41, 5.74) is 0.111. The van der Waals surface area contributed by atoms with Crippen LogP contribution in [-0.4, -0.2) is 16.1 Å². The molecule has 1 rings (SSSR count). The van der Waals surface area contributed by atoms with Gasteiger partial charge in [0.25, 0.3) is 5.56 Å². The molecule has 4 nitrogen and oxygen atoms in total. The Labute approximate surface area is 51.1 Å². The van der Waals surface area contributed by atoms with Crippen LogP contribution in [0.25, 0.3) is 0 Å². The Morgan fingerprint density at radius 3 is 2.67 bits per heavy atom. The summed E-state index contributed by atoms with van der Waals surface area (Å²) >= 11 is 0. The van der Waals surface area contributed by atoms with Gasteiger partial charge in [-0.05, 0) is 0 Å². The fourth-order valence-corrected chi connectivity index (χ4v) is 0.571. The molecule has 0 atom stereocenters. The summed E-state index contributed by atoms with van der Waals surface area (Å²) in [4.78, 5) is 20.6. The van der Waals surface area contributed by atoms with E-state index in [9.17, 15) is 9.59 Å². The number of carbonyl (C=O) groups is 1. The standard InChI is InChI=1S/C5H6N2O2/c1-7-5(9)2-4(3-8)6-7/h2-3,6H,1H3. The van der Waals surface area contributed by atoms with E-state index in [1.807, 2.05) is 0 Å². The normalized spacial score (nSPS) is 9.44. The predicted octanol–water partition coefficient (Wildman–Crippen LogP) is -0.474. The number of aromatic amines is 1. The molecular weight excluding hydrogens is 120 g/mol. The molecule has 4 heteroatoms. The molecule has 0 aliphatic rings. The number of rotatable bonds is 1. The van der Waals surface area contributed by atoms with Crippen LogP contribution >= 0.6 is 0 Å². The highest BCUT2D eigenvalue weighted by molar-refractivity contribution is 5.71. The van der Waals surface area contributed by atoms with E-state index in [4.69, 9.17) is 0 Å². The Morgan fingerprint density at radius 1 is 1.78 bits per heavy atom. The SMILES string of the molecule is Cn1[nH]c(C=O)cc1=O. The summed E-state index contributed by atoms with van der Waals surface area (Å²) in [5.74, 6) is 0. The van der Waals surface area contributed by atoms with Gasteiger partial charge in [0.2, 0.25) is 0 Å². The molecule has 1 heterocycles. The second kappa shape index (κ2) is 1.89. The number of H-pyrrole nitrogens is 1. The molecule has 0 aromatic carbocycles. The Hall–Kier alpha value is -1.32. The second-order valence-corrected chi connectivity index (χ2v) is 1.73. The molecule has 0 aliphatic carbocycles. The minimum absolute atomic E-state index is 0.197. The Kier molecular flexibility index (Phi) is 1.22. The van der Waals surface area contributed by atoms with Gasteiger partial charge in [-0.15, -0.1) is 0 Å². The third kappa shape index (κ3) is 0.910. The quantitative estimate of drug-likeness (QED) is 0.517. The van der Waals surface area contributed by atoms with Crippen molar-refractivity contribution in [1.29, 1.82) is 0 Å². The third-order valence-corrected chi connectivity index (χ3v) is 1.03. The maximum Gasteiger partial charge on any atom is 0.266 e. The molecule has 0 bridgehead atoms. The monoisotopic (exact) mass is 126 g/mol. The van der Waals surface area contributed by atoms with Gasteiger partial charge >= 0.3 is 0 Å². The number of hydrogen-bond donors (Lipinski definition) is 1. The highest BCUT2D eigenvalue weighted by Gasteiger charge is 1.94. The lowest BCUT2D eigenvalue weighted by Gasteiger charge is -1.82. The number of nitrogens with one attached hydrogen (secondary N) is 1. The van der Waals surface area contributed by atoms with Crippen molar-refractivity contribution in [3.8, 4) is 0 Å². The zero-order valence-electron chi connectivity index (χ0n) is 4.92. The number of aromatic nitrogens is 2. The maximum absolute atomic E-state index is 10.6. The van der Waals surface area contributed by atoms with Crippen molar-refractivity contribution in [2.45, 2.75) is 0 Å². The van der Waals surface area contributed by atoms with E-state index in [-0.39, 0.29) is 5.56 Å². The van der Waals surface area contributed by atoms with Crippen molar-refractivity contribution in [2.75, 3.05) is 0 Å². The summed E-state index contributed by atoms with van der Waals surface area (Å²) in [6, 6.07) is 1.24. The molecule has 0 unspecified atom stereocenters. The zero-order chi connectivity index (χ0) is 6.85. The van der Waals surface area contributed by atoms with Crippen LogP contribution in [-0.2, 0) is 7.05 Å². The largest absolute Gasteiger partial charge is 0.296 e. The fourth-order valence-electron chi connectivity index (χ4n) is 0.571. The summed E-state index contributed by atoms with van der Waals surface area (Å²) in [6.07, 6.45) is 0.599. The highest BCUT2D eigenvalue weighted by atomic mass is 16.1. The van der Waals surface area contributed by atoms with E-state index in [0.717, 1.165) is 0 Å². The molecule has 0 fully saturated rings. The molecule has 1 aromatic heterocycles. The highest BCUT2D eigenvalue weighted by Crippen LogP contribution is 1.79. The van der Waals surface area contributed by atoms with Gasteiger partial charge in [0, 0.05) is 13.1 Å². The van der Waals surface area contributed by atoms with Crippen molar-refractivity contribution in [2.24, 2.45) is 7.05 Å². The molecule has 48 valence electrons. The molecule has 1 aromatic rings. The lowest BCUT2D eigenvalue weighted by Crippen LogP contribution is -2.09. The van der Waals surface area contributed by atoms with Gasteiger partial charge in [0.05, 0.1) is 5.69 Å². The first-order valence-corrected chi connectivity index (χ1v) is 2.45. The van der Waals surface area contributed by atoms with Crippen LogP contribution < -0.4 is 5.56 Å². The first-order valence-electron chi connectivity index (χ1n) is 2.45. The fraction of sp³-hybridized carbons (Fsp3) is 0.200. The molecule has 0 saturated heterocycles. The molecular formula is C5H6N2O2. The summed E-state index contributed by atoms with van der Waals surface area (Å²) in [7, 11) is 1.55. The second-order valence-electron chi connectivity index (χ2n) is 1.73. The average Bonchev–Trinajstić information content (AvgIpc) is 2.13. The molecule has 0 saturated carbocycles. The number of carbonyl (C=O) groups excluding carboxylic acids is 1. The number of hydrogen-bond acceptors (Lipinski definition) is 2. The number of aldehydes is 1. The van der Waals surface area contributed by atoms with E-state index in [0.29, 0.717) is 12.0 Å². The minimum Gasteiger partial charge on any atom is -0.296 e.